The molecule has 0 aliphatic carbocycles. The van der Waals surface area contributed by atoms with Gasteiger partial charge < -0.3 is 18.9 Å². The topological polar surface area (TPSA) is 105 Å². The fourth-order valence-corrected chi connectivity index (χ4v) is 2.40. The summed E-state index contributed by atoms with van der Waals surface area (Å²) in [5.74, 6) is 0.0519. The largest absolute Gasteiger partial charge is 0.373 e. The van der Waals surface area contributed by atoms with Crippen molar-refractivity contribution in [3.05, 3.63) is 50.6 Å². The van der Waals surface area contributed by atoms with E-state index in [1.165, 1.54) is 24.3 Å². The summed E-state index contributed by atoms with van der Waals surface area (Å²) in [6.07, 6.45) is 10.7. The average Bonchev–Trinajstić information content (AvgIpc) is 2.89. The summed E-state index contributed by atoms with van der Waals surface area (Å²) in [6, 6.07) is 0. The van der Waals surface area contributed by atoms with Gasteiger partial charge in [-0.2, -0.15) is 0 Å². The Bertz CT molecular complexity index is 612. The highest BCUT2D eigenvalue weighted by Gasteiger charge is 2.04. The van der Waals surface area contributed by atoms with Crippen molar-refractivity contribution in [2.75, 3.05) is 52.9 Å². The molecule has 204 valence electrons. The minimum atomic E-state index is -0.103. The van der Waals surface area contributed by atoms with Crippen molar-refractivity contribution in [1.82, 2.24) is 0 Å². The van der Waals surface area contributed by atoms with Crippen LogP contribution in [0.4, 0.5) is 0 Å². The van der Waals surface area contributed by atoms with Crippen LogP contribution >= 0.6 is 0 Å². The van der Waals surface area contributed by atoms with Crippen molar-refractivity contribution < 1.29 is 38.1 Å². The van der Waals surface area contributed by atoms with Crippen LogP contribution < -0.4 is 0 Å². The molecule has 36 heavy (non-hydrogen) atoms. The van der Waals surface area contributed by atoms with Gasteiger partial charge in [0.05, 0.1) is 0 Å². The van der Waals surface area contributed by atoms with E-state index in [-0.39, 0.29) is 49.6 Å². The van der Waals surface area contributed by atoms with Gasteiger partial charge in [0.15, 0.2) is 23.1 Å². The molecule has 0 bridgehead atoms. The second kappa shape index (κ2) is 27.1. The zero-order valence-corrected chi connectivity index (χ0v) is 21.9. The van der Waals surface area contributed by atoms with Gasteiger partial charge in [-0.05, 0) is 55.9 Å². The normalized spacial score (nSPS) is 10.2. The molecule has 0 aliphatic rings. The quantitative estimate of drug-likeness (QED) is 0.134. The molecule has 0 aromatic rings. The molecule has 0 saturated heterocycles. The molecule has 0 N–H and O–H groups in total. The first-order chi connectivity index (χ1) is 17.3. The van der Waals surface area contributed by atoms with Crippen molar-refractivity contribution >= 4 is 23.1 Å². The van der Waals surface area contributed by atoms with Gasteiger partial charge in [0.2, 0.25) is 0 Å². The number of hydrogen-bond donors (Lipinski definition) is 0. The molecule has 8 nitrogen and oxygen atoms in total. The number of unbranched alkanes of at least 4 members (excludes halogenated alkanes) is 3. The lowest BCUT2D eigenvalue weighted by Crippen LogP contribution is -2.11. The predicted molar refractivity (Wildman–Crippen MR) is 141 cm³/mol. The predicted octanol–water partition coefficient (Wildman–Crippen LogP) is 4.04. The van der Waals surface area contributed by atoms with Crippen molar-refractivity contribution in [1.29, 1.82) is 0 Å². The lowest BCUT2D eigenvalue weighted by Gasteiger charge is -2.11. The number of ketones is 4. The molecule has 0 rings (SSSR count). The number of ether oxygens (including phenoxy) is 4. The summed E-state index contributed by atoms with van der Waals surface area (Å²) >= 11 is 0. The fraction of sp³-hybridized carbons (Fsp3) is 0.571. The Kier molecular flexibility index (Phi) is 26.8. The minimum Gasteiger partial charge on any atom is -0.373 e. The Morgan fingerprint density at radius 1 is 0.528 bits per heavy atom. The van der Waals surface area contributed by atoms with Crippen LogP contribution in [0.15, 0.2) is 50.6 Å². The number of carbonyl (C=O) groups is 4. The van der Waals surface area contributed by atoms with Crippen LogP contribution in [0.3, 0.4) is 0 Å². The Morgan fingerprint density at radius 3 is 1.08 bits per heavy atom. The number of carbonyl (C=O) groups excluding carboxylic acids is 4. The second-order valence-electron chi connectivity index (χ2n) is 7.99. The first kappa shape index (κ1) is 35.6. The fourth-order valence-electron chi connectivity index (χ4n) is 2.40. The van der Waals surface area contributed by atoms with Crippen LogP contribution in [-0.4, -0.2) is 76.0 Å². The molecular formula is C28H44O8. The Morgan fingerprint density at radius 2 is 0.806 bits per heavy atom. The van der Waals surface area contributed by atoms with E-state index < -0.39 is 0 Å². The third-order valence-corrected chi connectivity index (χ3v) is 4.73. The zero-order valence-electron chi connectivity index (χ0n) is 21.9. The number of rotatable bonds is 25. The van der Waals surface area contributed by atoms with Crippen LogP contribution in [-0.2, 0) is 38.1 Å². The maximum absolute atomic E-state index is 10.9. The summed E-state index contributed by atoms with van der Waals surface area (Å²) in [7, 11) is 0. The summed E-state index contributed by atoms with van der Waals surface area (Å²) in [6.45, 7) is 18.3. The van der Waals surface area contributed by atoms with Gasteiger partial charge in [-0.25, -0.2) is 0 Å². The molecular weight excluding hydrogens is 464 g/mol. The molecule has 0 aromatic heterocycles. The molecule has 0 spiro atoms. The maximum Gasteiger partial charge on any atom is 0.180 e. The van der Waals surface area contributed by atoms with Gasteiger partial charge in [-0.1, -0.05) is 46.1 Å². The van der Waals surface area contributed by atoms with E-state index in [1.807, 2.05) is 0 Å². The molecule has 0 aromatic carbocycles. The van der Waals surface area contributed by atoms with Crippen molar-refractivity contribution in [2.45, 2.75) is 45.4 Å². The lowest BCUT2D eigenvalue weighted by atomic mass is 10.1. The standard InChI is InChI=1S/2C14H22O4/c1-4-13(15)10-17-8-6-12(3)7-9-18-11-14(16)5-2;1-3-13(15)11-17-9-7-5-6-8-10-18-12-14(16)4-2/h4-5,12H,1-2,6-11H2,3H3;3-4H,1-2,5-12H2. The van der Waals surface area contributed by atoms with Gasteiger partial charge >= 0.3 is 0 Å². The highest BCUT2D eigenvalue weighted by molar-refractivity contribution is 5.91. The van der Waals surface area contributed by atoms with Gasteiger partial charge in [-0.15, -0.1) is 0 Å². The monoisotopic (exact) mass is 508 g/mol. The Balaban J connectivity index is 0. The van der Waals surface area contributed by atoms with Crippen LogP contribution in [0.5, 0.6) is 0 Å². The molecule has 0 saturated carbocycles. The molecule has 0 atom stereocenters. The molecule has 0 fully saturated rings. The zero-order chi connectivity index (χ0) is 27.4. The average molecular weight is 509 g/mol. The van der Waals surface area contributed by atoms with Crippen LogP contribution in [0.25, 0.3) is 0 Å². The maximum atomic E-state index is 10.9. The van der Waals surface area contributed by atoms with Gasteiger partial charge in [0.1, 0.15) is 26.4 Å². The van der Waals surface area contributed by atoms with Crippen LogP contribution in [0.1, 0.15) is 45.4 Å². The highest BCUT2D eigenvalue weighted by Crippen LogP contribution is 2.07. The number of hydrogen-bond acceptors (Lipinski definition) is 8. The Hall–Kier alpha value is -2.52. The molecule has 0 amide bonds. The molecule has 0 aliphatic heterocycles. The van der Waals surface area contributed by atoms with Crippen molar-refractivity contribution in [3.8, 4) is 0 Å². The van der Waals surface area contributed by atoms with Gasteiger partial charge in [0.25, 0.3) is 0 Å². The summed E-state index contributed by atoms with van der Waals surface area (Å²) in [5.41, 5.74) is 0. The summed E-state index contributed by atoms with van der Waals surface area (Å²) < 4.78 is 20.7. The van der Waals surface area contributed by atoms with E-state index in [9.17, 15) is 19.2 Å². The first-order valence-electron chi connectivity index (χ1n) is 12.2. The molecule has 8 heteroatoms. The summed E-state index contributed by atoms with van der Waals surface area (Å²) in [4.78, 5) is 43.3. The van der Waals surface area contributed by atoms with Crippen LogP contribution in [0.2, 0.25) is 0 Å². The summed E-state index contributed by atoms with van der Waals surface area (Å²) in [5, 5.41) is 0. The van der Waals surface area contributed by atoms with E-state index in [1.54, 1.807) is 0 Å². The van der Waals surface area contributed by atoms with E-state index in [0.717, 1.165) is 38.5 Å². The third-order valence-electron chi connectivity index (χ3n) is 4.73. The second-order valence-corrected chi connectivity index (χ2v) is 7.99. The molecule has 0 heterocycles. The van der Waals surface area contributed by atoms with Crippen molar-refractivity contribution in [2.24, 2.45) is 5.92 Å². The van der Waals surface area contributed by atoms with Gasteiger partial charge in [0, 0.05) is 26.4 Å². The third kappa shape index (κ3) is 27.7. The smallest absolute Gasteiger partial charge is 0.180 e. The van der Waals surface area contributed by atoms with E-state index >= 15 is 0 Å². The van der Waals surface area contributed by atoms with Crippen LogP contribution in [0, 0.1) is 5.92 Å². The van der Waals surface area contributed by atoms with Crippen molar-refractivity contribution in [3.63, 3.8) is 0 Å². The molecule has 0 unspecified atom stereocenters. The van der Waals surface area contributed by atoms with E-state index in [0.29, 0.717) is 32.3 Å². The van der Waals surface area contributed by atoms with Gasteiger partial charge in [-0.3, -0.25) is 19.2 Å². The molecule has 0 radical (unpaired) electrons. The lowest BCUT2D eigenvalue weighted by molar-refractivity contribution is -0.119. The minimum absolute atomic E-state index is 0.0877. The van der Waals surface area contributed by atoms with E-state index in [2.05, 4.69) is 33.2 Å². The van der Waals surface area contributed by atoms with E-state index in [4.69, 9.17) is 18.9 Å². The first-order valence-corrected chi connectivity index (χ1v) is 12.2. The SMILES string of the molecule is C=CC(=O)COCCC(C)CCOCC(=O)C=C.C=CC(=O)COCCCCCCOCC(=O)C=C. The Labute approximate surface area is 216 Å². The highest BCUT2D eigenvalue weighted by atomic mass is 16.5.